The van der Waals surface area contributed by atoms with E-state index in [2.05, 4.69) is 18.9 Å². The maximum Gasteiger partial charge on any atom is 0.253 e. The van der Waals surface area contributed by atoms with Crippen LogP contribution in [0.1, 0.15) is 29.1 Å². The monoisotopic (exact) mass is 411 g/mol. The van der Waals surface area contributed by atoms with E-state index in [-0.39, 0.29) is 5.91 Å². The Balaban J connectivity index is 1.27. The molecule has 28 heavy (non-hydrogen) atoms. The summed E-state index contributed by atoms with van der Waals surface area (Å²) < 4.78 is 13.9. The number of amides is 1. The van der Waals surface area contributed by atoms with E-state index in [4.69, 9.17) is 4.52 Å². The number of hydrogen-bond acceptors (Lipinski definition) is 8. The minimum Gasteiger partial charge on any atom is -0.339 e. The summed E-state index contributed by atoms with van der Waals surface area (Å²) >= 11 is 2.77. The maximum atomic E-state index is 13.0. The Labute approximate surface area is 169 Å². The predicted molar refractivity (Wildman–Crippen MR) is 107 cm³/mol. The highest BCUT2D eigenvalue weighted by Gasteiger charge is 2.26. The van der Waals surface area contributed by atoms with Crippen molar-refractivity contribution in [3.8, 4) is 11.4 Å². The normalized spacial score (nSPS) is 17.3. The molecule has 1 aromatic carbocycles. The number of piperidine rings is 1. The van der Waals surface area contributed by atoms with E-state index in [1.54, 1.807) is 11.3 Å². The summed E-state index contributed by atoms with van der Waals surface area (Å²) in [6.45, 7) is 1.47. The first-order chi connectivity index (χ1) is 13.8. The van der Waals surface area contributed by atoms with Gasteiger partial charge in [-0.1, -0.05) is 5.16 Å². The minimum absolute atomic E-state index is 0.0455. The lowest BCUT2D eigenvalue weighted by atomic mass is 9.94. The third kappa shape index (κ3) is 3.43. The lowest BCUT2D eigenvalue weighted by Gasteiger charge is -2.32. The van der Waals surface area contributed by atoms with Crippen molar-refractivity contribution >= 4 is 40.0 Å². The van der Waals surface area contributed by atoms with Gasteiger partial charge >= 0.3 is 0 Å². The van der Waals surface area contributed by atoms with Crippen molar-refractivity contribution in [2.24, 2.45) is 5.92 Å². The average molecular weight is 412 g/mol. The molecule has 0 spiro atoms. The number of benzene rings is 1. The molecule has 0 unspecified atom stereocenters. The molecule has 0 aliphatic carbocycles. The lowest BCUT2D eigenvalue weighted by molar-refractivity contribution is 0.0668. The van der Waals surface area contributed by atoms with Gasteiger partial charge in [0.15, 0.2) is 0 Å². The van der Waals surface area contributed by atoms with Crippen LogP contribution in [0.4, 0.5) is 0 Å². The molecular formula is C19H17N5O2S2. The second kappa shape index (κ2) is 7.40. The number of thiophene rings is 1. The van der Waals surface area contributed by atoms with Gasteiger partial charge in [0, 0.05) is 36.0 Å². The van der Waals surface area contributed by atoms with E-state index in [1.807, 2.05) is 39.9 Å². The molecule has 1 aliphatic heterocycles. The molecule has 1 amide bonds. The van der Waals surface area contributed by atoms with Crippen molar-refractivity contribution < 1.29 is 9.32 Å². The fraction of sp³-hybridized carbons (Fsp3) is 0.316. The molecule has 0 bridgehead atoms. The molecule has 0 N–H and O–H groups in total. The fourth-order valence-electron chi connectivity index (χ4n) is 3.61. The molecule has 1 aliphatic rings. The van der Waals surface area contributed by atoms with E-state index >= 15 is 0 Å². The summed E-state index contributed by atoms with van der Waals surface area (Å²) in [4.78, 5) is 19.4. The molecular weight excluding hydrogens is 394 g/mol. The van der Waals surface area contributed by atoms with Crippen LogP contribution in [0.15, 0.2) is 39.5 Å². The van der Waals surface area contributed by atoms with Crippen LogP contribution in [0.5, 0.6) is 0 Å². The molecule has 4 heterocycles. The zero-order valence-electron chi connectivity index (χ0n) is 14.9. The van der Waals surface area contributed by atoms with Crippen LogP contribution >= 0.6 is 23.1 Å². The van der Waals surface area contributed by atoms with Crippen molar-refractivity contribution in [1.82, 2.24) is 23.8 Å². The summed E-state index contributed by atoms with van der Waals surface area (Å²) in [7, 11) is 0. The van der Waals surface area contributed by atoms with Gasteiger partial charge in [-0.05, 0) is 48.4 Å². The first kappa shape index (κ1) is 17.4. The van der Waals surface area contributed by atoms with E-state index in [1.165, 1.54) is 0 Å². The SMILES string of the molecule is O=C(c1ccc2nsnc2c1)N1CCC[C@H](Cc2nc(-c3ccsc3)no2)C1. The molecule has 3 aromatic heterocycles. The number of carbonyl (C=O) groups excluding carboxylic acids is 1. The second-order valence-corrected chi connectivity index (χ2v) is 8.26. The summed E-state index contributed by atoms with van der Waals surface area (Å²) in [5, 5.41) is 8.08. The number of likely N-dealkylation sites (tertiary alicyclic amines) is 1. The Bertz CT molecular complexity index is 1100. The maximum absolute atomic E-state index is 13.0. The molecule has 9 heteroatoms. The van der Waals surface area contributed by atoms with Crippen LogP contribution in [0, 0.1) is 5.92 Å². The van der Waals surface area contributed by atoms with Crippen LogP contribution in [-0.4, -0.2) is 42.8 Å². The number of carbonyl (C=O) groups is 1. The first-order valence-corrected chi connectivity index (χ1v) is 10.8. The number of fused-ring (bicyclic) bond motifs is 1. The highest BCUT2D eigenvalue weighted by molar-refractivity contribution is 7.08. The van der Waals surface area contributed by atoms with Crippen molar-refractivity contribution in [1.29, 1.82) is 0 Å². The smallest absolute Gasteiger partial charge is 0.253 e. The van der Waals surface area contributed by atoms with Gasteiger partial charge in [-0.3, -0.25) is 4.79 Å². The Hall–Kier alpha value is -2.65. The van der Waals surface area contributed by atoms with E-state index in [0.29, 0.717) is 36.2 Å². The summed E-state index contributed by atoms with van der Waals surface area (Å²) in [6, 6.07) is 7.50. The number of nitrogens with zero attached hydrogens (tertiary/aromatic N) is 5. The zero-order valence-corrected chi connectivity index (χ0v) is 16.6. The molecule has 1 atom stereocenters. The van der Waals surface area contributed by atoms with E-state index in [9.17, 15) is 4.79 Å². The standard InChI is InChI=1S/C19H17N5O2S2/c25-19(13-3-4-15-16(9-13)23-28-22-15)24-6-1-2-12(10-24)8-17-20-18(21-26-17)14-5-7-27-11-14/h3-5,7,9,11-12H,1-2,6,8,10H2/t12-/m1/s1. The lowest BCUT2D eigenvalue weighted by Crippen LogP contribution is -2.40. The summed E-state index contributed by atoms with van der Waals surface area (Å²) in [5.41, 5.74) is 3.25. The average Bonchev–Trinajstić information content (AvgIpc) is 3.47. The van der Waals surface area contributed by atoms with Crippen LogP contribution in [0.3, 0.4) is 0 Å². The van der Waals surface area contributed by atoms with E-state index in [0.717, 1.165) is 47.7 Å². The van der Waals surface area contributed by atoms with Crippen LogP contribution < -0.4 is 0 Å². The molecule has 142 valence electrons. The van der Waals surface area contributed by atoms with Crippen molar-refractivity contribution in [3.63, 3.8) is 0 Å². The van der Waals surface area contributed by atoms with Gasteiger partial charge in [0.05, 0.1) is 11.7 Å². The Morgan fingerprint density at radius 1 is 1.25 bits per heavy atom. The highest BCUT2D eigenvalue weighted by atomic mass is 32.1. The van der Waals surface area contributed by atoms with Gasteiger partial charge in [0.1, 0.15) is 11.0 Å². The molecule has 0 radical (unpaired) electrons. The highest BCUT2D eigenvalue weighted by Crippen LogP contribution is 2.24. The van der Waals surface area contributed by atoms with Crippen LogP contribution in [0.25, 0.3) is 22.4 Å². The van der Waals surface area contributed by atoms with Crippen molar-refractivity contribution in [2.45, 2.75) is 19.3 Å². The van der Waals surface area contributed by atoms with Crippen LogP contribution in [0.2, 0.25) is 0 Å². The van der Waals surface area contributed by atoms with Gasteiger partial charge in [0.25, 0.3) is 5.91 Å². The van der Waals surface area contributed by atoms with Gasteiger partial charge in [-0.15, -0.1) is 0 Å². The molecule has 4 aromatic rings. The first-order valence-electron chi connectivity index (χ1n) is 9.13. The third-order valence-corrected chi connectivity index (χ3v) is 6.26. The molecule has 1 fully saturated rings. The van der Waals surface area contributed by atoms with Gasteiger partial charge in [-0.25, -0.2) is 0 Å². The van der Waals surface area contributed by atoms with Crippen molar-refractivity contribution in [3.05, 3.63) is 46.5 Å². The molecule has 0 saturated carbocycles. The number of hydrogen-bond donors (Lipinski definition) is 0. The summed E-state index contributed by atoms with van der Waals surface area (Å²) in [6.07, 6.45) is 2.72. The predicted octanol–water partition coefficient (Wildman–Crippen LogP) is 3.90. The molecule has 5 rings (SSSR count). The number of aromatic nitrogens is 4. The Kier molecular flexibility index (Phi) is 4.61. The Morgan fingerprint density at radius 2 is 2.18 bits per heavy atom. The van der Waals surface area contributed by atoms with Crippen molar-refractivity contribution in [2.75, 3.05) is 13.1 Å². The van der Waals surface area contributed by atoms with Gasteiger partial charge < -0.3 is 9.42 Å². The topological polar surface area (TPSA) is 85.0 Å². The quantitative estimate of drug-likeness (QED) is 0.506. The van der Waals surface area contributed by atoms with Gasteiger partial charge in [0.2, 0.25) is 11.7 Å². The zero-order chi connectivity index (χ0) is 18.9. The van der Waals surface area contributed by atoms with Crippen LogP contribution in [-0.2, 0) is 6.42 Å². The Morgan fingerprint density at radius 3 is 3.07 bits per heavy atom. The second-order valence-electron chi connectivity index (χ2n) is 6.96. The largest absolute Gasteiger partial charge is 0.339 e. The molecule has 1 saturated heterocycles. The molecule has 7 nitrogen and oxygen atoms in total. The summed E-state index contributed by atoms with van der Waals surface area (Å²) in [5.74, 6) is 1.63. The van der Waals surface area contributed by atoms with E-state index < -0.39 is 0 Å². The fourth-order valence-corrected chi connectivity index (χ4v) is 4.76. The minimum atomic E-state index is 0.0455. The third-order valence-electron chi connectivity index (χ3n) is 5.02. The van der Waals surface area contributed by atoms with Gasteiger partial charge in [-0.2, -0.15) is 25.1 Å². The number of rotatable bonds is 4.